The molecule has 12 heavy (non-hydrogen) atoms. The maximum absolute atomic E-state index is 8.76. The molecule has 0 saturated carbocycles. The zero-order valence-electron chi connectivity index (χ0n) is 6.40. The lowest BCUT2D eigenvalue weighted by atomic mass is 10.1. The predicted molar refractivity (Wildman–Crippen MR) is 48.8 cm³/mol. The average Bonchev–Trinajstić information content (AvgIpc) is 2.85. The molecule has 64 valence electrons. The quantitative estimate of drug-likeness (QED) is 0.785. The van der Waals surface area contributed by atoms with Gasteiger partial charge in [-0.15, -0.1) is 0 Å². The van der Waals surface area contributed by atoms with Gasteiger partial charge < -0.3 is 9.84 Å². The van der Waals surface area contributed by atoms with Gasteiger partial charge in [-0.3, -0.25) is 0 Å². The number of aliphatic hydroxyl groups is 1. The van der Waals surface area contributed by atoms with Crippen LogP contribution in [0.4, 0.5) is 0 Å². The van der Waals surface area contributed by atoms with E-state index in [1.807, 2.05) is 24.3 Å². The van der Waals surface area contributed by atoms with E-state index in [2.05, 4.69) is 15.9 Å². The van der Waals surface area contributed by atoms with Crippen molar-refractivity contribution in [3.63, 3.8) is 0 Å². The summed E-state index contributed by atoms with van der Waals surface area (Å²) in [6, 6.07) is 7.96. The first-order valence-electron chi connectivity index (χ1n) is 3.83. The van der Waals surface area contributed by atoms with Crippen LogP contribution in [-0.2, 0) is 4.74 Å². The Labute approximate surface area is 79.3 Å². The van der Waals surface area contributed by atoms with E-state index in [9.17, 15) is 0 Å². The van der Waals surface area contributed by atoms with Crippen LogP contribution in [0.5, 0.6) is 0 Å². The molecule has 1 aromatic rings. The molecule has 0 spiro atoms. The number of rotatable bonds is 2. The Bertz CT molecular complexity index is 270. The second-order valence-electron chi connectivity index (χ2n) is 2.83. The largest absolute Gasteiger partial charge is 0.394 e. The minimum atomic E-state index is 0.0196. The fourth-order valence-electron chi connectivity index (χ4n) is 1.23. The molecule has 1 fully saturated rings. The number of hydrogen-bond donors (Lipinski definition) is 1. The van der Waals surface area contributed by atoms with Gasteiger partial charge in [0.15, 0.2) is 0 Å². The zero-order valence-corrected chi connectivity index (χ0v) is 7.99. The van der Waals surface area contributed by atoms with Crippen molar-refractivity contribution in [3.8, 4) is 0 Å². The van der Waals surface area contributed by atoms with Crippen LogP contribution in [0.1, 0.15) is 11.7 Å². The highest BCUT2D eigenvalue weighted by atomic mass is 79.9. The van der Waals surface area contributed by atoms with E-state index in [1.54, 1.807) is 0 Å². The molecule has 0 aromatic heterocycles. The Morgan fingerprint density at radius 3 is 2.50 bits per heavy atom. The average molecular weight is 229 g/mol. The number of ether oxygens (including phenoxy) is 1. The summed E-state index contributed by atoms with van der Waals surface area (Å²) in [4.78, 5) is 0. The summed E-state index contributed by atoms with van der Waals surface area (Å²) < 4.78 is 6.29. The van der Waals surface area contributed by atoms with Crippen LogP contribution < -0.4 is 0 Å². The highest BCUT2D eigenvalue weighted by Crippen LogP contribution is 2.38. The van der Waals surface area contributed by atoms with Gasteiger partial charge in [0, 0.05) is 4.47 Å². The molecule has 1 aromatic carbocycles. The Balaban J connectivity index is 2.10. The third kappa shape index (κ3) is 1.53. The van der Waals surface area contributed by atoms with Crippen LogP contribution in [0.2, 0.25) is 0 Å². The first kappa shape index (κ1) is 8.23. The molecule has 1 aliphatic heterocycles. The SMILES string of the molecule is OCC1OC1c1ccc(Br)cc1. The van der Waals surface area contributed by atoms with E-state index < -0.39 is 0 Å². The lowest BCUT2D eigenvalue weighted by Gasteiger charge is -1.94. The normalized spacial score (nSPS) is 27.2. The van der Waals surface area contributed by atoms with Crippen molar-refractivity contribution in [2.45, 2.75) is 12.2 Å². The first-order chi connectivity index (χ1) is 5.81. The van der Waals surface area contributed by atoms with Crippen molar-refractivity contribution in [2.24, 2.45) is 0 Å². The van der Waals surface area contributed by atoms with Gasteiger partial charge in [-0.05, 0) is 17.7 Å². The molecule has 1 aliphatic rings. The highest BCUT2D eigenvalue weighted by Gasteiger charge is 2.39. The Morgan fingerprint density at radius 2 is 2.00 bits per heavy atom. The molecule has 2 nitrogen and oxygen atoms in total. The predicted octanol–water partition coefficient (Wildman–Crippen LogP) is 1.88. The first-order valence-corrected chi connectivity index (χ1v) is 4.62. The molecule has 2 rings (SSSR count). The second-order valence-corrected chi connectivity index (χ2v) is 3.74. The summed E-state index contributed by atoms with van der Waals surface area (Å²) in [5.41, 5.74) is 1.14. The van der Waals surface area contributed by atoms with Crippen LogP contribution in [-0.4, -0.2) is 17.8 Å². The van der Waals surface area contributed by atoms with Crippen LogP contribution in [0.25, 0.3) is 0 Å². The van der Waals surface area contributed by atoms with Crippen molar-refractivity contribution in [2.75, 3.05) is 6.61 Å². The minimum Gasteiger partial charge on any atom is -0.394 e. The van der Waals surface area contributed by atoms with Crippen molar-refractivity contribution in [3.05, 3.63) is 34.3 Å². The van der Waals surface area contributed by atoms with Gasteiger partial charge in [0.2, 0.25) is 0 Å². The van der Waals surface area contributed by atoms with Crippen LogP contribution >= 0.6 is 15.9 Å². The number of aliphatic hydroxyl groups excluding tert-OH is 1. The van der Waals surface area contributed by atoms with Gasteiger partial charge in [-0.2, -0.15) is 0 Å². The molecule has 1 N–H and O–H groups in total. The smallest absolute Gasteiger partial charge is 0.112 e. The Kier molecular flexibility index (Phi) is 2.17. The van der Waals surface area contributed by atoms with E-state index >= 15 is 0 Å². The van der Waals surface area contributed by atoms with Crippen molar-refractivity contribution < 1.29 is 9.84 Å². The summed E-state index contributed by atoms with van der Waals surface area (Å²) in [6.07, 6.45) is 0.134. The molecule has 2 unspecified atom stereocenters. The second kappa shape index (κ2) is 3.17. The molecule has 0 radical (unpaired) electrons. The molecule has 1 heterocycles. The number of hydrogen-bond acceptors (Lipinski definition) is 2. The van der Waals surface area contributed by atoms with E-state index in [1.165, 1.54) is 0 Å². The summed E-state index contributed by atoms with van der Waals surface area (Å²) >= 11 is 3.36. The lowest BCUT2D eigenvalue weighted by Crippen LogP contribution is -1.93. The number of halogens is 1. The van der Waals surface area contributed by atoms with Crippen molar-refractivity contribution in [1.29, 1.82) is 0 Å². The van der Waals surface area contributed by atoms with Gasteiger partial charge in [0.25, 0.3) is 0 Å². The fourth-order valence-corrected chi connectivity index (χ4v) is 1.49. The molecule has 0 amide bonds. The van der Waals surface area contributed by atoms with Crippen LogP contribution in [0.3, 0.4) is 0 Å². The molecular weight excluding hydrogens is 220 g/mol. The Morgan fingerprint density at radius 1 is 1.33 bits per heavy atom. The van der Waals surface area contributed by atoms with Gasteiger partial charge in [-0.25, -0.2) is 0 Å². The molecule has 2 atom stereocenters. The third-order valence-corrected chi connectivity index (χ3v) is 2.49. The van der Waals surface area contributed by atoms with E-state index in [4.69, 9.17) is 9.84 Å². The highest BCUT2D eigenvalue weighted by molar-refractivity contribution is 9.10. The Hall–Kier alpha value is -0.380. The minimum absolute atomic E-state index is 0.0196. The molecule has 0 bridgehead atoms. The monoisotopic (exact) mass is 228 g/mol. The zero-order chi connectivity index (χ0) is 8.55. The van der Waals surface area contributed by atoms with E-state index in [0.29, 0.717) is 0 Å². The van der Waals surface area contributed by atoms with Gasteiger partial charge in [-0.1, -0.05) is 28.1 Å². The van der Waals surface area contributed by atoms with Crippen molar-refractivity contribution in [1.82, 2.24) is 0 Å². The van der Waals surface area contributed by atoms with Crippen molar-refractivity contribution >= 4 is 15.9 Å². The topological polar surface area (TPSA) is 32.8 Å². The summed E-state index contributed by atoms with van der Waals surface area (Å²) in [5, 5.41) is 8.76. The van der Waals surface area contributed by atoms with Gasteiger partial charge in [0.05, 0.1) is 6.61 Å². The molecule has 1 saturated heterocycles. The third-order valence-electron chi connectivity index (χ3n) is 1.96. The summed E-state index contributed by atoms with van der Waals surface area (Å²) in [5.74, 6) is 0. The number of benzene rings is 1. The van der Waals surface area contributed by atoms with Gasteiger partial charge >= 0.3 is 0 Å². The maximum atomic E-state index is 8.76. The maximum Gasteiger partial charge on any atom is 0.112 e. The molecule has 3 heteroatoms. The number of epoxide rings is 1. The molecule has 0 aliphatic carbocycles. The summed E-state index contributed by atoms with van der Waals surface area (Å²) in [7, 11) is 0. The van der Waals surface area contributed by atoms with E-state index in [-0.39, 0.29) is 18.8 Å². The summed E-state index contributed by atoms with van der Waals surface area (Å²) in [6.45, 7) is 0.112. The van der Waals surface area contributed by atoms with Crippen LogP contribution in [0, 0.1) is 0 Å². The lowest BCUT2D eigenvalue weighted by molar-refractivity contribution is 0.242. The fraction of sp³-hybridized carbons (Fsp3) is 0.333. The molecular formula is C9H9BrO2. The standard InChI is InChI=1S/C9H9BrO2/c10-7-3-1-6(2-4-7)9-8(5-11)12-9/h1-4,8-9,11H,5H2. The van der Waals surface area contributed by atoms with E-state index in [0.717, 1.165) is 10.0 Å². The van der Waals surface area contributed by atoms with Crippen LogP contribution in [0.15, 0.2) is 28.7 Å². The van der Waals surface area contributed by atoms with Gasteiger partial charge in [0.1, 0.15) is 12.2 Å².